The highest BCUT2D eigenvalue weighted by molar-refractivity contribution is 7.19. The molecule has 1 fully saturated rings. The number of morpholine rings is 1. The predicted octanol–water partition coefficient (Wildman–Crippen LogP) is 4.75. The molecule has 3 heterocycles. The van der Waals surface area contributed by atoms with Crippen LogP contribution in [-0.2, 0) is 4.74 Å². The Hall–Kier alpha value is -3.27. The molecule has 4 aromatic rings. The molecular weight excluding hydrogens is 380 g/mol. The second kappa shape index (κ2) is 7.63. The Balaban J connectivity index is 1.66. The SMILES string of the molecule is N#C/C(=C/c1cc2ccccc2nc1N1CCOCC1)c1nc2ccccc2s1. The van der Waals surface area contributed by atoms with E-state index in [-0.39, 0.29) is 0 Å². The number of benzene rings is 2. The number of para-hydroxylation sites is 2. The lowest BCUT2D eigenvalue weighted by Crippen LogP contribution is -2.37. The number of allylic oxidation sites excluding steroid dienone is 1. The van der Waals surface area contributed by atoms with E-state index in [4.69, 9.17) is 9.72 Å². The fourth-order valence-electron chi connectivity index (χ4n) is 3.54. The zero-order valence-electron chi connectivity index (χ0n) is 15.7. The van der Waals surface area contributed by atoms with E-state index < -0.39 is 0 Å². The highest BCUT2D eigenvalue weighted by Crippen LogP contribution is 2.31. The van der Waals surface area contributed by atoms with Crippen LogP contribution in [0.25, 0.3) is 32.8 Å². The number of nitriles is 1. The molecule has 0 unspecified atom stereocenters. The van der Waals surface area contributed by atoms with Gasteiger partial charge in [0, 0.05) is 24.0 Å². The molecule has 0 amide bonds. The minimum atomic E-state index is 0.554. The summed E-state index contributed by atoms with van der Waals surface area (Å²) in [4.78, 5) is 11.8. The Morgan fingerprint density at radius 1 is 1.03 bits per heavy atom. The molecule has 0 saturated carbocycles. The number of nitrogens with zero attached hydrogens (tertiary/aromatic N) is 4. The molecule has 0 aliphatic carbocycles. The predicted molar refractivity (Wildman–Crippen MR) is 118 cm³/mol. The molecule has 0 atom stereocenters. The third kappa shape index (κ3) is 3.46. The molecular formula is C23H18N4OS. The van der Waals surface area contributed by atoms with Crippen LogP contribution >= 0.6 is 11.3 Å². The van der Waals surface area contributed by atoms with E-state index in [1.54, 1.807) is 0 Å². The summed E-state index contributed by atoms with van der Waals surface area (Å²) in [5, 5.41) is 11.7. The van der Waals surface area contributed by atoms with Gasteiger partial charge in [-0.1, -0.05) is 30.3 Å². The summed E-state index contributed by atoms with van der Waals surface area (Å²) < 4.78 is 6.59. The number of ether oxygens (including phenoxy) is 1. The van der Waals surface area contributed by atoms with Crippen molar-refractivity contribution in [2.24, 2.45) is 0 Å². The smallest absolute Gasteiger partial charge is 0.136 e. The quantitative estimate of drug-likeness (QED) is 0.466. The van der Waals surface area contributed by atoms with Gasteiger partial charge >= 0.3 is 0 Å². The van der Waals surface area contributed by atoms with Crippen LogP contribution in [0.4, 0.5) is 5.82 Å². The fraction of sp³-hybridized carbons (Fsp3) is 0.174. The van der Waals surface area contributed by atoms with Gasteiger partial charge in [-0.15, -0.1) is 11.3 Å². The van der Waals surface area contributed by atoms with Crippen molar-refractivity contribution >= 4 is 49.9 Å². The van der Waals surface area contributed by atoms with Gasteiger partial charge in [-0.25, -0.2) is 9.97 Å². The van der Waals surface area contributed by atoms with Crippen molar-refractivity contribution in [3.63, 3.8) is 0 Å². The Bertz CT molecular complexity index is 1230. The summed E-state index contributed by atoms with van der Waals surface area (Å²) in [6.07, 6.45) is 1.92. The van der Waals surface area contributed by atoms with E-state index in [0.717, 1.165) is 50.6 Å². The average Bonchev–Trinajstić information content (AvgIpc) is 3.21. The molecule has 0 N–H and O–H groups in total. The topological polar surface area (TPSA) is 62.0 Å². The largest absolute Gasteiger partial charge is 0.378 e. The van der Waals surface area contributed by atoms with Crippen molar-refractivity contribution < 1.29 is 4.74 Å². The lowest BCUT2D eigenvalue weighted by atomic mass is 10.1. The third-order valence-corrected chi connectivity index (χ3v) is 6.06. The highest BCUT2D eigenvalue weighted by atomic mass is 32.1. The normalized spacial score (nSPS) is 15.0. The molecule has 1 saturated heterocycles. The molecule has 1 aliphatic heterocycles. The zero-order chi connectivity index (χ0) is 19.6. The maximum atomic E-state index is 9.87. The second-order valence-electron chi connectivity index (χ2n) is 6.85. The monoisotopic (exact) mass is 398 g/mol. The van der Waals surface area contributed by atoms with E-state index in [2.05, 4.69) is 22.0 Å². The average molecular weight is 398 g/mol. The van der Waals surface area contributed by atoms with Gasteiger partial charge in [-0.3, -0.25) is 0 Å². The second-order valence-corrected chi connectivity index (χ2v) is 7.88. The van der Waals surface area contributed by atoms with Crippen LogP contribution in [0, 0.1) is 11.3 Å². The Labute approximate surface area is 172 Å². The van der Waals surface area contributed by atoms with E-state index in [0.29, 0.717) is 18.8 Å². The summed E-state index contributed by atoms with van der Waals surface area (Å²) in [5.74, 6) is 0.890. The van der Waals surface area contributed by atoms with Crippen molar-refractivity contribution in [3.05, 3.63) is 65.2 Å². The number of anilines is 1. The first-order valence-electron chi connectivity index (χ1n) is 9.52. The standard InChI is InChI=1S/C23H18N4OS/c24-15-18(23-26-20-7-3-4-8-21(20)29-23)14-17-13-16-5-1-2-6-19(16)25-22(17)27-9-11-28-12-10-27/h1-8,13-14H,9-12H2/b18-14-. The summed E-state index contributed by atoms with van der Waals surface area (Å²) in [6.45, 7) is 2.94. The van der Waals surface area contributed by atoms with Gasteiger partial charge in [0.15, 0.2) is 0 Å². The number of hydrogen-bond acceptors (Lipinski definition) is 6. The Kier molecular flexibility index (Phi) is 4.68. The first-order valence-corrected chi connectivity index (χ1v) is 10.3. The Morgan fingerprint density at radius 3 is 2.59 bits per heavy atom. The van der Waals surface area contributed by atoms with Gasteiger partial charge in [-0.05, 0) is 30.3 Å². The van der Waals surface area contributed by atoms with Crippen LogP contribution in [0.15, 0.2) is 54.6 Å². The maximum Gasteiger partial charge on any atom is 0.136 e. The summed E-state index contributed by atoms with van der Waals surface area (Å²) in [6, 6.07) is 20.5. The summed E-state index contributed by atoms with van der Waals surface area (Å²) >= 11 is 1.54. The molecule has 2 aromatic carbocycles. The summed E-state index contributed by atoms with van der Waals surface area (Å²) in [7, 11) is 0. The van der Waals surface area contributed by atoms with Gasteiger partial charge in [0.25, 0.3) is 0 Å². The van der Waals surface area contributed by atoms with Crippen LogP contribution in [0.1, 0.15) is 10.6 Å². The maximum absolute atomic E-state index is 9.87. The van der Waals surface area contributed by atoms with Crippen LogP contribution in [0.5, 0.6) is 0 Å². The van der Waals surface area contributed by atoms with E-state index in [1.807, 2.05) is 54.6 Å². The Morgan fingerprint density at radius 2 is 1.79 bits per heavy atom. The van der Waals surface area contributed by atoms with Gasteiger partial charge in [0.1, 0.15) is 16.9 Å². The fourth-order valence-corrected chi connectivity index (χ4v) is 4.47. The minimum absolute atomic E-state index is 0.554. The molecule has 5 nitrogen and oxygen atoms in total. The van der Waals surface area contributed by atoms with E-state index in [9.17, 15) is 5.26 Å². The van der Waals surface area contributed by atoms with Crippen molar-refractivity contribution in [2.75, 3.05) is 31.2 Å². The van der Waals surface area contributed by atoms with Crippen LogP contribution < -0.4 is 4.90 Å². The van der Waals surface area contributed by atoms with Crippen LogP contribution in [0.3, 0.4) is 0 Å². The van der Waals surface area contributed by atoms with Crippen molar-refractivity contribution in [2.45, 2.75) is 0 Å². The van der Waals surface area contributed by atoms with Crippen LogP contribution in [-0.4, -0.2) is 36.3 Å². The van der Waals surface area contributed by atoms with Gasteiger partial charge < -0.3 is 9.64 Å². The third-order valence-electron chi connectivity index (χ3n) is 4.99. The zero-order valence-corrected chi connectivity index (χ0v) is 16.5. The number of aromatic nitrogens is 2. The van der Waals surface area contributed by atoms with Gasteiger partial charge in [0.05, 0.1) is 34.5 Å². The van der Waals surface area contributed by atoms with E-state index >= 15 is 0 Å². The van der Waals surface area contributed by atoms with Gasteiger partial charge in [-0.2, -0.15) is 5.26 Å². The first kappa shape index (κ1) is 17.8. The van der Waals surface area contributed by atoms with Crippen LogP contribution in [0.2, 0.25) is 0 Å². The molecule has 0 spiro atoms. The lowest BCUT2D eigenvalue weighted by molar-refractivity contribution is 0.122. The number of rotatable bonds is 3. The first-order chi connectivity index (χ1) is 14.3. The molecule has 0 radical (unpaired) electrons. The summed E-state index contributed by atoms with van der Waals surface area (Å²) in [5.41, 5.74) is 3.35. The van der Waals surface area contributed by atoms with Crippen molar-refractivity contribution in [1.29, 1.82) is 5.26 Å². The highest BCUT2D eigenvalue weighted by Gasteiger charge is 2.18. The van der Waals surface area contributed by atoms with E-state index in [1.165, 1.54) is 11.3 Å². The van der Waals surface area contributed by atoms with Crippen molar-refractivity contribution in [3.8, 4) is 6.07 Å². The molecule has 1 aliphatic rings. The molecule has 5 rings (SSSR count). The number of pyridine rings is 1. The van der Waals surface area contributed by atoms with Gasteiger partial charge in [0.2, 0.25) is 0 Å². The molecule has 6 heteroatoms. The number of fused-ring (bicyclic) bond motifs is 2. The number of hydrogen-bond donors (Lipinski definition) is 0. The minimum Gasteiger partial charge on any atom is -0.378 e. The number of thiazole rings is 1. The molecule has 142 valence electrons. The molecule has 0 bridgehead atoms. The lowest BCUT2D eigenvalue weighted by Gasteiger charge is -2.29. The molecule has 29 heavy (non-hydrogen) atoms. The van der Waals surface area contributed by atoms with Crippen molar-refractivity contribution in [1.82, 2.24) is 9.97 Å². The molecule has 2 aromatic heterocycles.